The zero-order chi connectivity index (χ0) is 21.5. The number of benzene rings is 1. The predicted molar refractivity (Wildman–Crippen MR) is 102 cm³/mol. The molecule has 0 atom stereocenters. The van der Waals surface area contributed by atoms with E-state index in [9.17, 15) is 14.3 Å². The van der Waals surface area contributed by atoms with Crippen LogP contribution in [0.25, 0.3) is 11.7 Å². The quantitative estimate of drug-likeness (QED) is 0.427. The molecule has 0 spiro atoms. The van der Waals surface area contributed by atoms with Crippen LogP contribution in [0.5, 0.6) is 17.6 Å². The van der Waals surface area contributed by atoms with E-state index in [1.54, 1.807) is 6.07 Å². The minimum Gasteiger partial charge on any atom is -0.493 e. The first-order valence-corrected chi connectivity index (χ1v) is 9.20. The van der Waals surface area contributed by atoms with Gasteiger partial charge in [-0.1, -0.05) is 0 Å². The van der Waals surface area contributed by atoms with E-state index < -0.39 is 11.5 Å². The third-order valence-electron chi connectivity index (χ3n) is 4.51. The van der Waals surface area contributed by atoms with Crippen molar-refractivity contribution in [3.63, 3.8) is 0 Å². The van der Waals surface area contributed by atoms with Crippen molar-refractivity contribution in [2.45, 2.75) is 18.9 Å². The first kappa shape index (κ1) is 18.5. The Bertz CT molecular complexity index is 1540. The third kappa shape index (κ3) is 3.60. The monoisotopic (exact) mass is 420 g/mol. The van der Waals surface area contributed by atoms with Gasteiger partial charge in [0, 0.05) is 11.3 Å². The summed E-state index contributed by atoms with van der Waals surface area (Å²) in [6, 6.07) is 5.55. The van der Waals surface area contributed by atoms with Crippen molar-refractivity contribution in [2.75, 3.05) is 0 Å². The zero-order valence-corrected chi connectivity index (χ0v) is 15.7. The number of aromatic nitrogens is 6. The molecule has 31 heavy (non-hydrogen) atoms. The molecule has 0 radical (unpaired) electrons. The number of fused-ring (bicyclic) bond motifs is 1. The number of rotatable bonds is 4. The van der Waals surface area contributed by atoms with E-state index >= 15 is 0 Å². The second kappa shape index (κ2) is 7.06. The fourth-order valence-electron chi connectivity index (χ4n) is 2.86. The molecule has 1 aliphatic carbocycles. The molecule has 1 aromatic carbocycles. The summed E-state index contributed by atoms with van der Waals surface area (Å²) in [4.78, 5) is 29.2. The highest BCUT2D eigenvalue weighted by atomic mass is 19.1. The fourth-order valence-corrected chi connectivity index (χ4v) is 2.86. The molecular weight excluding hydrogens is 407 g/mol. The van der Waals surface area contributed by atoms with Gasteiger partial charge in [0.2, 0.25) is 5.88 Å². The zero-order valence-electron chi connectivity index (χ0n) is 15.7. The van der Waals surface area contributed by atoms with E-state index in [2.05, 4.69) is 30.0 Å². The number of nitrogens with zero attached hydrogens (tertiary/aromatic N) is 6. The van der Waals surface area contributed by atoms with Gasteiger partial charge in [-0.25, -0.2) is 14.2 Å². The average Bonchev–Trinajstić information content (AvgIpc) is 3.37. The fraction of sp³-hybridized carbons (Fsp3) is 0.158. The first-order valence-electron chi connectivity index (χ1n) is 9.20. The van der Waals surface area contributed by atoms with E-state index in [1.165, 1.54) is 28.9 Å². The van der Waals surface area contributed by atoms with E-state index in [-0.39, 0.29) is 40.6 Å². The van der Waals surface area contributed by atoms with Gasteiger partial charge in [0.25, 0.3) is 5.62 Å². The Morgan fingerprint density at radius 1 is 1.35 bits per heavy atom. The molecular formula is C19H13FN8O3. The molecule has 3 aromatic heterocycles. The van der Waals surface area contributed by atoms with Crippen molar-refractivity contribution < 1.29 is 14.2 Å². The van der Waals surface area contributed by atoms with Gasteiger partial charge >= 0.3 is 11.7 Å². The molecule has 3 heterocycles. The topological polar surface area (TPSA) is 157 Å². The number of aromatic hydroxyl groups is 1. The number of nitrogens with one attached hydrogen (secondary N) is 2. The standard InChI is InChI=1S/C19H13FN8O3/c20-13-6-12(4-1-9(13)7-21)31-19-25-15-10(5-14-16(29)26-18(30)24-14)8-22-28(15)17(27-19)23-11-2-3-11/h1,4-6,8,11,29H,2-3H2,(H2,24,26,30)/b10-5+,23-17?. The largest absolute Gasteiger partial charge is 0.493 e. The predicted octanol–water partition coefficient (Wildman–Crippen LogP) is 0.260. The molecule has 4 aromatic rings. The van der Waals surface area contributed by atoms with Crippen LogP contribution in [-0.4, -0.2) is 40.7 Å². The smallest absolute Gasteiger partial charge is 0.327 e. The summed E-state index contributed by atoms with van der Waals surface area (Å²) in [5, 5.41) is 23.4. The lowest BCUT2D eigenvalue weighted by atomic mass is 10.2. The minimum atomic E-state index is -0.728. The maximum atomic E-state index is 13.9. The number of nitriles is 1. The van der Waals surface area contributed by atoms with Crippen molar-refractivity contribution >= 4 is 11.7 Å². The van der Waals surface area contributed by atoms with Crippen LogP contribution in [0.15, 0.2) is 34.2 Å². The lowest BCUT2D eigenvalue weighted by Gasteiger charge is -2.05. The van der Waals surface area contributed by atoms with Crippen LogP contribution >= 0.6 is 0 Å². The highest BCUT2D eigenvalue weighted by Gasteiger charge is 2.21. The van der Waals surface area contributed by atoms with Crippen molar-refractivity contribution in [2.24, 2.45) is 4.99 Å². The molecule has 1 saturated carbocycles. The number of hydrogen-bond acceptors (Lipinski definition) is 8. The summed E-state index contributed by atoms with van der Waals surface area (Å²) < 4.78 is 21.0. The van der Waals surface area contributed by atoms with Gasteiger partial charge in [0.05, 0.1) is 17.8 Å². The molecule has 1 fully saturated rings. The normalized spacial score (nSPS) is 14.8. The maximum absolute atomic E-state index is 13.9. The number of halogens is 1. The number of H-pyrrole nitrogens is 2. The summed E-state index contributed by atoms with van der Waals surface area (Å²) in [6.07, 6.45) is 4.82. The molecule has 12 heteroatoms. The van der Waals surface area contributed by atoms with E-state index in [4.69, 9.17) is 10.00 Å². The summed E-state index contributed by atoms with van der Waals surface area (Å²) >= 11 is 0. The van der Waals surface area contributed by atoms with Gasteiger partial charge < -0.3 is 14.8 Å². The van der Waals surface area contributed by atoms with E-state index in [0.29, 0.717) is 10.9 Å². The Balaban J connectivity index is 1.65. The van der Waals surface area contributed by atoms with Gasteiger partial charge in [-0.2, -0.15) is 24.8 Å². The van der Waals surface area contributed by atoms with E-state index in [0.717, 1.165) is 18.9 Å². The highest BCUT2D eigenvalue weighted by Crippen LogP contribution is 2.23. The van der Waals surface area contributed by atoms with Gasteiger partial charge in [-0.3, -0.25) is 4.98 Å². The number of ether oxygens (including phenoxy) is 1. The molecule has 0 unspecified atom stereocenters. The van der Waals surface area contributed by atoms with Gasteiger partial charge in [0.1, 0.15) is 23.3 Å². The van der Waals surface area contributed by atoms with Crippen molar-refractivity contribution in [1.29, 1.82) is 5.26 Å². The highest BCUT2D eigenvalue weighted by molar-refractivity contribution is 5.56. The van der Waals surface area contributed by atoms with E-state index in [1.807, 2.05) is 0 Å². The van der Waals surface area contributed by atoms with Crippen LogP contribution in [-0.2, 0) is 0 Å². The number of aromatic amines is 2. The Hall–Kier alpha value is -4.53. The third-order valence-corrected chi connectivity index (χ3v) is 4.51. The van der Waals surface area contributed by atoms with Crippen molar-refractivity contribution in [3.8, 4) is 23.7 Å². The average molecular weight is 420 g/mol. The summed E-state index contributed by atoms with van der Waals surface area (Å²) in [6.45, 7) is 0. The second-order valence-corrected chi connectivity index (χ2v) is 6.84. The van der Waals surface area contributed by atoms with Gasteiger partial charge in [0.15, 0.2) is 5.65 Å². The SMILES string of the molecule is N#Cc1ccc(Oc2nc(=NC3CC3)n3nc/c(=C\c4[nH]c(=O)[nH]c4O)c3n2)cc1F. The number of hydrogen-bond donors (Lipinski definition) is 3. The molecule has 154 valence electrons. The molecule has 5 rings (SSSR count). The Morgan fingerprint density at radius 2 is 2.19 bits per heavy atom. The maximum Gasteiger partial charge on any atom is 0.327 e. The summed E-state index contributed by atoms with van der Waals surface area (Å²) in [7, 11) is 0. The summed E-state index contributed by atoms with van der Waals surface area (Å²) in [5.41, 5.74) is 0.0334. The molecule has 0 saturated heterocycles. The van der Waals surface area contributed by atoms with Crippen molar-refractivity contribution in [3.05, 3.63) is 62.8 Å². The van der Waals surface area contributed by atoms with Crippen LogP contribution < -0.4 is 21.3 Å². The van der Waals surface area contributed by atoms with Gasteiger partial charge in [-0.15, -0.1) is 0 Å². The molecule has 3 N–H and O–H groups in total. The Labute approximate surface area is 171 Å². The Kier molecular flexibility index (Phi) is 4.21. The summed E-state index contributed by atoms with van der Waals surface area (Å²) in [5.74, 6) is -0.948. The molecule has 0 aliphatic heterocycles. The number of imidazole rings is 1. The minimum absolute atomic E-state index is 0.0991. The molecule has 11 nitrogen and oxygen atoms in total. The van der Waals surface area contributed by atoms with Crippen LogP contribution in [0, 0.1) is 17.1 Å². The van der Waals surface area contributed by atoms with Crippen LogP contribution in [0.3, 0.4) is 0 Å². The van der Waals surface area contributed by atoms with Gasteiger partial charge in [-0.05, 0) is 31.1 Å². The van der Waals surface area contributed by atoms with Crippen molar-refractivity contribution in [1.82, 2.24) is 29.5 Å². The van der Waals surface area contributed by atoms with Crippen LogP contribution in [0.1, 0.15) is 24.1 Å². The first-order chi connectivity index (χ1) is 15.0. The second-order valence-electron chi connectivity index (χ2n) is 6.84. The molecule has 0 amide bonds. The lowest BCUT2D eigenvalue weighted by molar-refractivity contribution is 0.432. The lowest BCUT2D eigenvalue weighted by Crippen LogP contribution is -2.23. The van der Waals surface area contributed by atoms with Crippen LogP contribution in [0.4, 0.5) is 4.39 Å². The van der Waals surface area contributed by atoms with Crippen LogP contribution in [0.2, 0.25) is 0 Å². The molecule has 0 bridgehead atoms. The Morgan fingerprint density at radius 3 is 2.87 bits per heavy atom. The molecule has 1 aliphatic rings.